The van der Waals surface area contributed by atoms with Crippen molar-refractivity contribution in [3.63, 3.8) is 0 Å². The first-order chi connectivity index (χ1) is 6.65. The SMILES string of the molecule is C=C=C(CC(=O)OCC)C(=O)OCC. The molecule has 0 spiro atoms. The van der Waals surface area contributed by atoms with E-state index in [9.17, 15) is 9.59 Å². The average Bonchev–Trinajstić information content (AvgIpc) is 2.15. The second kappa shape index (κ2) is 6.92. The van der Waals surface area contributed by atoms with Crippen LogP contribution < -0.4 is 0 Å². The van der Waals surface area contributed by atoms with Crippen LogP contribution in [0.3, 0.4) is 0 Å². The molecule has 0 radical (unpaired) electrons. The Balaban J connectivity index is 4.24. The highest BCUT2D eigenvalue weighted by Crippen LogP contribution is 2.03. The Morgan fingerprint density at radius 2 is 1.79 bits per heavy atom. The Morgan fingerprint density at radius 3 is 2.21 bits per heavy atom. The molecule has 0 aromatic heterocycles. The summed E-state index contributed by atoms with van der Waals surface area (Å²) in [6.07, 6.45) is -0.143. The Kier molecular flexibility index (Phi) is 6.16. The van der Waals surface area contributed by atoms with Gasteiger partial charge in [0.1, 0.15) is 0 Å². The zero-order chi connectivity index (χ0) is 11.0. The summed E-state index contributed by atoms with van der Waals surface area (Å²) in [7, 11) is 0. The highest BCUT2D eigenvalue weighted by Gasteiger charge is 2.14. The van der Waals surface area contributed by atoms with Crippen molar-refractivity contribution in [2.45, 2.75) is 20.3 Å². The van der Waals surface area contributed by atoms with E-state index in [4.69, 9.17) is 0 Å². The summed E-state index contributed by atoms with van der Waals surface area (Å²) in [6.45, 7) is 7.22. The highest BCUT2D eigenvalue weighted by atomic mass is 16.5. The van der Waals surface area contributed by atoms with Crippen molar-refractivity contribution in [2.24, 2.45) is 0 Å². The number of carbonyl (C=O) groups excluding carboxylic acids is 2. The summed E-state index contributed by atoms with van der Waals surface area (Å²) < 4.78 is 9.35. The van der Waals surface area contributed by atoms with Crippen molar-refractivity contribution >= 4 is 11.9 Å². The number of hydrogen-bond donors (Lipinski definition) is 0. The summed E-state index contributed by atoms with van der Waals surface area (Å²) in [5.41, 5.74) is 2.47. The van der Waals surface area contributed by atoms with Crippen LogP contribution in [0.15, 0.2) is 17.9 Å². The van der Waals surface area contributed by atoms with E-state index < -0.39 is 11.9 Å². The predicted octanol–water partition coefficient (Wildman–Crippen LogP) is 1.21. The van der Waals surface area contributed by atoms with Gasteiger partial charge in [-0.15, -0.1) is 5.73 Å². The van der Waals surface area contributed by atoms with Crippen molar-refractivity contribution in [1.82, 2.24) is 0 Å². The van der Waals surface area contributed by atoms with Gasteiger partial charge in [0.15, 0.2) is 0 Å². The van der Waals surface area contributed by atoms with Gasteiger partial charge in [0.25, 0.3) is 0 Å². The van der Waals surface area contributed by atoms with E-state index in [2.05, 4.69) is 21.8 Å². The zero-order valence-electron chi connectivity index (χ0n) is 8.46. The minimum Gasteiger partial charge on any atom is -0.466 e. The maximum atomic E-state index is 11.1. The lowest BCUT2D eigenvalue weighted by Crippen LogP contribution is -2.12. The van der Waals surface area contributed by atoms with Crippen molar-refractivity contribution in [3.05, 3.63) is 17.9 Å². The lowest BCUT2D eigenvalue weighted by Gasteiger charge is -2.03. The van der Waals surface area contributed by atoms with E-state index in [1.807, 2.05) is 0 Å². The van der Waals surface area contributed by atoms with Crippen LogP contribution in [0.5, 0.6) is 0 Å². The third-order valence-corrected chi connectivity index (χ3v) is 1.36. The first kappa shape index (κ1) is 12.5. The van der Waals surface area contributed by atoms with Gasteiger partial charge >= 0.3 is 11.9 Å². The Bertz CT molecular complexity index is 261. The largest absolute Gasteiger partial charge is 0.466 e. The molecule has 0 atom stereocenters. The van der Waals surface area contributed by atoms with Gasteiger partial charge in [0.2, 0.25) is 0 Å². The minimum atomic E-state index is -0.574. The van der Waals surface area contributed by atoms with Crippen LogP contribution >= 0.6 is 0 Å². The van der Waals surface area contributed by atoms with Crippen LogP contribution in [-0.2, 0) is 19.1 Å². The normalized spacial score (nSPS) is 8.71. The van der Waals surface area contributed by atoms with Gasteiger partial charge in [-0.05, 0) is 13.8 Å². The summed E-state index contributed by atoms with van der Waals surface area (Å²) >= 11 is 0. The molecular weight excluding hydrogens is 184 g/mol. The molecule has 0 aromatic carbocycles. The summed E-state index contributed by atoms with van der Waals surface area (Å²) in [5.74, 6) is -1.05. The highest BCUT2D eigenvalue weighted by molar-refractivity contribution is 5.93. The van der Waals surface area contributed by atoms with Crippen LogP contribution in [0, 0.1) is 0 Å². The molecule has 0 N–H and O–H groups in total. The predicted molar refractivity (Wildman–Crippen MR) is 50.5 cm³/mol. The second-order valence-electron chi connectivity index (χ2n) is 2.36. The molecule has 0 amide bonds. The zero-order valence-corrected chi connectivity index (χ0v) is 8.46. The van der Waals surface area contributed by atoms with Crippen LogP contribution in [-0.4, -0.2) is 25.2 Å². The van der Waals surface area contributed by atoms with Crippen molar-refractivity contribution < 1.29 is 19.1 Å². The average molecular weight is 198 g/mol. The quantitative estimate of drug-likeness (QED) is 0.378. The van der Waals surface area contributed by atoms with Crippen LogP contribution in [0.4, 0.5) is 0 Å². The summed E-state index contributed by atoms with van der Waals surface area (Å²) in [6, 6.07) is 0. The van der Waals surface area contributed by atoms with Crippen LogP contribution in [0.25, 0.3) is 0 Å². The van der Waals surface area contributed by atoms with Crippen LogP contribution in [0.1, 0.15) is 20.3 Å². The number of hydrogen-bond acceptors (Lipinski definition) is 4. The summed E-state index contributed by atoms with van der Waals surface area (Å²) in [4.78, 5) is 22.1. The van der Waals surface area contributed by atoms with Gasteiger partial charge in [-0.2, -0.15) is 0 Å². The maximum absolute atomic E-state index is 11.1. The van der Waals surface area contributed by atoms with Gasteiger partial charge in [0.05, 0.1) is 25.2 Å². The van der Waals surface area contributed by atoms with E-state index in [1.54, 1.807) is 13.8 Å². The van der Waals surface area contributed by atoms with E-state index in [0.29, 0.717) is 0 Å². The fraction of sp³-hybridized carbons (Fsp3) is 0.500. The Morgan fingerprint density at radius 1 is 1.21 bits per heavy atom. The molecular formula is C10H14O4. The van der Waals surface area contributed by atoms with Crippen molar-refractivity contribution in [3.8, 4) is 0 Å². The Hall–Kier alpha value is -1.54. The van der Waals surface area contributed by atoms with Crippen molar-refractivity contribution in [2.75, 3.05) is 13.2 Å². The second-order valence-corrected chi connectivity index (χ2v) is 2.36. The molecule has 4 heteroatoms. The van der Waals surface area contributed by atoms with Crippen molar-refractivity contribution in [1.29, 1.82) is 0 Å². The molecule has 0 bridgehead atoms. The smallest absolute Gasteiger partial charge is 0.342 e. The molecule has 0 aliphatic rings. The molecule has 0 heterocycles. The molecule has 78 valence electrons. The molecule has 0 aromatic rings. The Labute approximate surface area is 83.2 Å². The molecule has 0 saturated carbocycles. The van der Waals surface area contributed by atoms with Gasteiger partial charge in [-0.25, -0.2) is 4.79 Å². The van der Waals surface area contributed by atoms with Gasteiger partial charge in [-0.3, -0.25) is 4.79 Å². The molecule has 0 aliphatic heterocycles. The van der Waals surface area contributed by atoms with E-state index in [0.717, 1.165) is 0 Å². The number of carbonyl (C=O) groups is 2. The number of rotatable bonds is 5. The maximum Gasteiger partial charge on any atom is 0.342 e. The molecule has 14 heavy (non-hydrogen) atoms. The van der Waals surface area contributed by atoms with Crippen LogP contribution in [0.2, 0.25) is 0 Å². The third-order valence-electron chi connectivity index (χ3n) is 1.36. The first-order valence-corrected chi connectivity index (χ1v) is 4.37. The van der Waals surface area contributed by atoms with E-state index in [1.165, 1.54) is 0 Å². The lowest BCUT2D eigenvalue weighted by atomic mass is 10.2. The molecule has 0 unspecified atom stereocenters. The third kappa shape index (κ3) is 4.48. The lowest BCUT2D eigenvalue weighted by molar-refractivity contribution is -0.145. The van der Waals surface area contributed by atoms with Gasteiger partial charge in [-0.1, -0.05) is 6.58 Å². The molecule has 0 rings (SSSR count). The monoisotopic (exact) mass is 198 g/mol. The molecule has 4 nitrogen and oxygen atoms in total. The fourth-order valence-corrected chi connectivity index (χ4v) is 0.781. The number of ether oxygens (including phenoxy) is 2. The topological polar surface area (TPSA) is 52.6 Å². The molecule has 0 aliphatic carbocycles. The minimum absolute atomic E-state index is 0.102. The van der Waals surface area contributed by atoms with Gasteiger partial charge in [0, 0.05) is 0 Å². The molecule has 0 fully saturated rings. The fourth-order valence-electron chi connectivity index (χ4n) is 0.781. The first-order valence-electron chi connectivity index (χ1n) is 4.37. The van der Waals surface area contributed by atoms with E-state index >= 15 is 0 Å². The molecule has 0 saturated heterocycles. The van der Waals surface area contributed by atoms with Gasteiger partial charge < -0.3 is 9.47 Å². The number of esters is 2. The standard InChI is InChI=1S/C10H14O4/c1-4-8(10(12)14-6-3)7-9(11)13-5-2/h1,5-7H2,2-3H3. The van der Waals surface area contributed by atoms with E-state index in [-0.39, 0.29) is 25.2 Å². The summed E-state index contributed by atoms with van der Waals surface area (Å²) in [5, 5.41) is 0.